The minimum absolute atomic E-state index is 0.493. The molecule has 0 fully saturated rings. The largest absolute Gasteiger partial charge is 0.451 e. The van der Waals surface area contributed by atoms with Crippen molar-refractivity contribution in [3.05, 3.63) is 168 Å². The topological polar surface area (TPSA) is 59.0 Å². The van der Waals surface area contributed by atoms with Gasteiger partial charge in [-0.25, -0.2) is 4.79 Å². The molecule has 0 saturated carbocycles. The number of carbonyl (C=O) groups is 1. The normalized spacial score (nSPS) is 18.1. The van der Waals surface area contributed by atoms with Gasteiger partial charge in [-0.05, 0) is 54.8 Å². The number of rotatable bonds is 8. The first kappa shape index (κ1) is 28.4. The minimum atomic E-state index is -3.52. The van der Waals surface area contributed by atoms with Crippen LogP contribution >= 0.6 is 7.29 Å². The van der Waals surface area contributed by atoms with E-state index in [0.717, 1.165) is 22.3 Å². The number of ether oxygens (including phenoxy) is 1. The van der Waals surface area contributed by atoms with Crippen LogP contribution in [0.2, 0.25) is 0 Å². The molecular formula is C37H33N2O3P. The van der Waals surface area contributed by atoms with Crippen LogP contribution in [0.5, 0.6) is 0 Å². The van der Waals surface area contributed by atoms with E-state index in [-0.39, 0.29) is 0 Å². The van der Waals surface area contributed by atoms with Crippen molar-refractivity contribution in [2.75, 3.05) is 0 Å². The molecule has 0 unspecified atom stereocenters. The predicted molar refractivity (Wildman–Crippen MR) is 173 cm³/mol. The highest BCUT2D eigenvalue weighted by Gasteiger charge is 2.55. The number of hydrogen-bond acceptors (Lipinski definition) is 4. The minimum Gasteiger partial charge on any atom is -0.451 e. The van der Waals surface area contributed by atoms with Crippen LogP contribution in [-0.4, -0.2) is 23.0 Å². The van der Waals surface area contributed by atoms with Crippen LogP contribution in [0.1, 0.15) is 35.3 Å². The van der Waals surface area contributed by atoms with E-state index in [1.54, 1.807) is 11.0 Å². The van der Waals surface area contributed by atoms with Gasteiger partial charge in [0.05, 0.1) is 6.34 Å². The Morgan fingerprint density at radius 1 is 0.721 bits per heavy atom. The van der Waals surface area contributed by atoms with Crippen molar-refractivity contribution in [1.29, 1.82) is 0 Å². The Morgan fingerprint density at radius 2 is 1.16 bits per heavy atom. The first-order valence-electron chi connectivity index (χ1n) is 14.3. The third-order valence-electron chi connectivity index (χ3n) is 8.15. The van der Waals surface area contributed by atoms with E-state index in [4.69, 9.17) is 9.73 Å². The molecule has 0 saturated heterocycles. The SMILES string of the molecule is Cc1ccc([C@]2(C)[C@H](C(=O)OC(c3ccccc3)c3ccccc3)N=CN2P(=O)(c2ccccc2)c2ccccc2)cc1. The van der Waals surface area contributed by atoms with Gasteiger partial charge in [-0.15, -0.1) is 0 Å². The van der Waals surface area contributed by atoms with Crippen LogP contribution in [0.4, 0.5) is 0 Å². The second kappa shape index (κ2) is 11.9. The van der Waals surface area contributed by atoms with E-state index in [2.05, 4.69) is 0 Å². The zero-order valence-corrected chi connectivity index (χ0v) is 25.0. The van der Waals surface area contributed by atoms with Crippen molar-refractivity contribution in [3.63, 3.8) is 0 Å². The van der Waals surface area contributed by atoms with E-state index in [1.807, 2.05) is 159 Å². The van der Waals surface area contributed by atoms with Crippen LogP contribution in [0.15, 0.2) is 151 Å². The van der Waals surface area contributed by atoms with Gasteiger partial charge in [0.25, 0.3) is 0 Å². The zero-order chi connectivity index (χ0) is 29.9. The molecule has 1 aliphatic heterocycles. The quantitative estimate of drug-likeness (QED) is 0.143. The molecule has 2 atom stereocenters. The van der Waals surface area contributed by atoms with Gasteiger partial charge in [0.1, 0.15) is 5.54 Å². The summed E-state index contributed by atoms with van der Waals surface area (Å²) in [6, 6.07) is 45.3. The molecule has 0 N–H and O–H groups in total. The molecule has 5 nitrogen and oxygen atoms in total. The fraction of sp³-hybridized carbons (Fsp3) is 0.135. The maximum atomic E-state index is 15.6. The first-order valence-corrected chi connectivity index (χ1v) is 16.0. The van der Waals surface area contributed by atoms with Gasteiger partial charge in [0, 0.05) is 10.6 Å². The lowest BCUT2D eigenvalue weighted by Gasteiger charge is -2.43. The summed E-state index contributed by atoms with van der Waals surface area (Å²) in [7, 11) is -3.52. The van der Waals surface area contributed by atoms with Gasteiger partial charge in [0.2, 0.25) is 7.29 Å². The van der Waals surface area contributed by atoms with Crippen LogP contribution in [0.3, 0.4) is 0 Å². The third-order valence-corrected chi connectivity index (χ3v) is 11.3. The molecule has 6 rings (SSSR count). The molecule has 0 aromatic heterocycles. The molecule has 5 aromatic carbocycles. The number of esters is 1. The molecule has 43 heavy (non-hydrogen) atoms. The summed E-state index contributed by atoms with van der Waals surface area (Å²) in [6.45, 7) is 3.96. The first-order chi connectivity index (χ1) is 20.9. The molecule has 5 aromatic rings. The van der Waals surface area contributed by atoms with E-state index in [9.17, 15) is 4.79 Å². The zero-order valence-electron chi connectivity index (χ0n) is 24.2. The summed E-state index contributed by atoms with van der Waals surface area (Å²) in [5.74, 6) is -0.493. The third kappa shape index (κ3) is 5.22. The Labute approximate surface area is 252 Å². The highest BCUT2D eigenvalue weighted by molar-refractivity contribution is 7.77. The highest BCUT2D eigenvalue weighted by atomic mass is 31.2. The maximum Gasteiger partial charge on any atom is 0.334 e. The molecule has 0 spiro atoms. The van der Waals surface area contributed by atoms with Crippen LogP contribution in [-0.2, 0) is 19.6 Å². The molecule has 0 bridgehead atoms. The number of nitrogens with zero attached hydrogens (tertiary/aromatic N) is 2. The van der Waals surface area contributed by atoms with Gasteiger partial charge in [-0.2, -0.15) is 0 Å². The van der Waals surface area contributed by atoms with E-state index < -0.39 is 30.9 Å². The Kier molecular flexibility index (Phi) is 7.84. The van der Waals surface area contributed by atoms with E-state index in [0.29, 0.717) is 10.6 Å². The van der Waals surface area contributed by atoms with Crippen molar-refractivity contribution in [1.82, 2.24) is 4.67 Å². The monoisotopic (exact) mass is 584 g/mol. The Hall–Kier alpha value is -4.73. The number of aryl methyl sites for hydroxylation is 1. The smallest absolute Gasteiger partial charge is 0.334 e. The average molecular weight is 585 g/mol. The molecule has 0 radical (unpaired) electrons. The predicted octanol–water partition coefficient (Wildman–Crippen LogP) is 7.18. The number of aliphatic imine (C=N–C) groups is 1. The second-order valence-electron chi connectivity index (χ2n) is 10.9. The molecular weight excluding hydrogens is 551 g/mol. The molecule has 6 heteroatoms. The van der Waals surface area contributed by atoms with Crippen molar-refractivity contribution >= 4 is 30.2 Å². The molecule has 1 aliphatic rings. The Balaban J connectivity index is 1.47. The summed E-state index contributed by atoms with van der Waals surface area (Å²) in [5.41, 5.74) is 2.50. The van der Waals surface area contributed by atoms with E-state index >= 15 is 4.57 Å². The second-order valence-corrected chi connectivity index (χ2v) is 13.5. The van der Waals surface area contributed by atoms with Crippen molar-refractivity contribution in [3.8, 4) is 0 Å². The highest BCUT2D eigenvalue weighted by Crippen LogP contribution is 2.57. The molecule has 214 valence electrons. The lowest BCUT2D eigenvalue weighted by molar-refractivity contribution is -0.151. The number of carbonyl (C=O) groups excluding carboxylic acids is 1. The van der Waals surface area contributed by atoms with Crippen LogP contribution in [0, 0.1) is 6.92 Å². The van der Waals surface area contributed by atoms with Crippen molar-refractivity contribution in [2.45, 2.75) is 31.5 Å². The standard InChI is InChI=1S/C37H33N2O3P/c1-28-23-25-31(26-24-28)37(2)35(36(40)42-34(29-15-7-3-8-16-29)30-17-9-4-10-18-30)38-27-39(37)43(41,32-19-11-5-12-20-32)33-21-13-6-14-22-33/h3-27,34-35H,1-2H3/t35-,37+/m0/s1. The van der Waals surface area contributed by atoms with Gasteiger partial charge < -0.3 is 4.74 Å². The van der Waals surface area contributed by atoms with Crippen molar-refractivity contribution in [2.24, 2.45) is 4.99 Å². The van der Waals surface area contributed by atoms with Crippen LogP contribution < -0.4 is 10.6 Å². The fourth-order valence-electron chi connectivity index (χ4n) is 5.78. The number of benzene rings is 5. The molecule has 0 aliphatic carbocycles. The van der Waals surface area contributed by atoms with Gasteiger partial charge in [-0.1, -0.05) is 127 Å². The molecule has 0 amide bonds. The fourth-order valence-corrected chi connectivity index (χ4v) is 8.74. The Bertz CT molecular complexity index is 1680. The van der Waals surface area contributed by atoms with Gasteiger partial charge in [-0.3, -0.25) is 14.2 Å². The summed E-state index contributed by atoms with van der Waals surface area (Å²) < 4.78 is 23.7. The van der Waals surface area contributed by atoms with E-state index in [1.165, 1.54) is 0 Å². The number of hydrogen-bond donors (Lipinski definition) is 0. The van der Waals surface area contributed by atoms with Gasteiger partial charge >= 0.3 is 5.97 Å². The van der Waals surface area contributed by atoms with Crippen LogP contribution in [0.25, 0.3) is 0 Å². The Morgan fingerprint density at radius 3 is 1.63 bits per heavy atom. The summed E-state index contributed by atoms with van der Waals surface area (Å²) in [6.07, 6.45) is 0.962. The van der Waals surface area contributed by atoms with Crippen molar-refractivity contribution < 1.29 is 14.1 Å². The summed E-state index contributed by atoms with van der Waals surface area (Å²) in [5, 5.41) is 1.32. The molecule has 1 heterocycles. The summed E-state index contributed by atoms with van der Waals surface area (Å²) >= 11 is 0. The maximum absolute atomic E-state index is 15.6. The lowest BCUT2D eigenvalue weighted by atomic mass is 9.85. The lowest BCUT2D eigenvalue weighted by Crippen LogP contribution is -2.50. The summed E-state index contributed by atoms with van der Waals surface area (Å²) in [4.78, 5) is 19.1. The van der Waals surface area contributed by atoms with Gasteiger partial charge in [0.15, 0.2) is 12.1 Å². The average Bonchev–Trinajstić information content (AvgIpc) is 3.43.